The van der Waals surface area contributed by atoms with Crippen LogP contribution in [0.4, 0.5) is 4.39 Å². The number of carbonyl (C=O) groups is 1. The molecular formula is C14H16FN3O3. The summed E-state index contributed by atoms with van der Waals surface area (Å²) in [5.74, 6) is -1.01. The molecule has 1 amide bonds. The van der Waals surface area contributed by atoms with Crippen LogP contribution in [0.25, 0.3) is 5.69 Å². The molecule has 21 heavy (non-hydrogen) atoms. The van der Waals surface area contributed by atoms with E-state index in [9.17, 15) is 9.18 Å². The molecule has 0 aliphatic heterocycles. The molecule has 0 spiro atoms. The predicted molar refractivity (Wildman–Crippen MR) is 73.6 cm³/mol. The molecule has 2 N–H and O–H groups in total. The van der Waals surface area contributed by atoms with Gasteiger partial charge in [-0.05, 0) is 24.3 Å². The van der Waals surface area contributed by atoms with E-state index in [2.05, 4.69) is 5.10 Å². The van der Waals surface area contributed by atoms with Gasteiger partial charge in [0.15, 0.2) is 0 Å². The van der Waals surface area contributed by atoms with E-state index < -0.39 is 11.7 Å². The van der Waals surface area contributed by atoms with Gasteiger partial charge in [0.2, 0.25) is 0 Å². The number of aliphatic hydroxyl groups excluding tert-OH is 2. The van der Waals surface area contributed by atoms with E-state index in [4.69, 9.17) is 10.2 Å². The lowest BCUT2D eigenvalue weighted by Gasteiger charge is -2.20. The first kappa shape index (κ1) is 15.1. The fourth-order valence-electron chi connectivity index (χ4n) is 1.98. The summed E-state index contributed by atoms with van der Waals surface area (Å²) in [7, 11) is 0. The first-order valence-electron chi connectivity index (χ1n) is 6.48. The molecule has 7 heteroatoms. The second-order valence-corrected chi connectivity index (χ2v) is 4.36. The molecule has 6 nitrogen and oxygen atoms in total. The molecule has 0 saturated heterocycles. The standard InChI is InChI=1S/C14H16FN3O3/c15-12-10-11(14(21)17(6-8-19)7-9-20)2-3-13(12)18-5-1-4-16-18/h1-5,10,19-20H,6-9H2. The maximum atomic E-state index is 14.1. The van der Waals surface area contributed by atoms with Crippen molar-refractivity contribution in [1.29, 1.82) is 0 Å². The minimum absolute atomic E-state index is 0.0852. The third kappa shape index (κ3) is 3.45. The van der Waals surface area contributed by atoms with Crippen LogP contribution in [0, 0.1) is 5.82 Å². The van der Waals surface area contributed by atoms with Crippen LogP contribution in [-0.4, -0.2) is 57.1 Å². The predicted octanol–water partition coefficient (Wildman–Crippen LogP) is 0.438. The van der Waals surface area contributed by atoms with Crippen molar-refractivity contribution in [2.45, 2.75) is 0 Å². The number of hydrogen-bond donors (Lipinski definition) is 2. The molecule has 2 aromatic rings. The van der Waals surface area contributed by atoms with E-state index in [1.807, 2.05) is 0 Å². The van der Waals surface area contributed by atoms with Crippen LogP contribution in [0.2, 0.25) is 0 Å². The van der Waals surface area contributed by atoms with Crippen LogP contribution in [-0.2, 0) is 0 Å². The molecule has 0 aliphatic carbocycles. The van der Waals surface area contributed by atoms with Gasteiger partial charge in [0.25, 0.3) is 5.91 Å². The van der Waals surface area contributed by atoms with Crippen LogP contribution in [0.15, 0.2) is 36.7 Å². The summed E-state index contributed by atoms with van der Waals surface area (Å²) in [4.78, 5) is 13.5. The zero-order chi connectivity index (χ0) is 15.2. The highest BCUT2D eigenvalue weighted by atomic mass is 19.1. The van der Waals surface area contributed by atoms with Gasteiger partial charge < -0.3 is 15.1 Å². The summed E-state index contributed by atoms with van der Waals surface area (Å²) in [6, 6.07) is 5.75. The number of aromatic nitrogens is 2. The molecule has 1 heterocycles. The first-order valence-corrected chi connectivity index (χ1v) is 6.48. The van der Waals surface area contributed by atoms with E-state index >= 15 is 0 Å². The van der Waals surface area contributed by atoms with E-state index in [0.29, 0.717) is 0 Å². The Bertz CT molecular complexity index is 596. The summed E-state index contributed by atoms with van der Waals surface area (Å²) in [6.45, 7) is -0.275. The molecule has 0 fully saturated rings. The van der Waals surface area contributed by atoms with Crippen molar-refractivity contribution >= 4 is 5.91 Å². The quantitative estimate of drug-likeness (QED) is 0.810. The fraction of sp³-hybridized carbons (Fsp3) is 0.286. The topological polar surface area (TPSA) is 78.6 Å². The Morgan fingerprint density at radius 2 is 2.00 bits per heavy atom. The molecule has 1 aromatic heterocycles. The van der Waals surface area contributed by atoms with Crippen LogP contribution in [0.3, 0.4) is 0 Å². The Kier molecular flexibility index (Phi) is 5.02. The lowest BCUT2D eigenvalue weighted by molar-refractivity contribution is 0.0684. The SMILES string of the molecule is O=C(c1ccc(-n2cccn2)c(F)c1)N(CCO)CCO. The fourth-order valence-corrected chi connectivity index (χ4v) is 1.98. The van der Waals surface area contributed by atoms with Crippen molar-refractivity contribution in [1.82, 2.24) is 14.7 Å². The molecule has 0 aliphatic rings. The van der Waals surface area contributed by atoms with E-state index in [1.165, 1.54) is 27.9 Å². The molecule has 0 saturated carbocycles. The third-order valence-corrected chi connectivity index (χ3v) is 2.97. The minimum Gasteiger partial charge on any atom is -0.395 e. The van der Waals surface area contributed by atoms with Crippen molar-refractivity contribution in [2.24, 2.45) is 0 Å². The third-order valence-electron chi connectivity index (χ3n) is 2.97. The molecule has 0 radical (unpaired) electrons. The lowest BCUT2D eigenvalue weighted by Crippen LogP contribution is -2.35. The van der Waals surface area contributed by atoms with E-state index in [-0.39, 0.29) is 37.6 Å². The average molecular weight is 293 g/mol. The molecular weight excluding hydrogens is 277 g/mol. The largest absolute Gasteiger partial charge is 0.395 e. The zero-order valence-corrected chi connectivity index (χ0v) is 11.3. The molecule has 0 unspecified atom stereocenters. The number of amides is 1. The normalized spacial score (nSPS) is 10.6. The highest BCUT2D eigenvalue weighted by Crippen LogP contribution is 2.15. The zero-order valence-electron chi connectivity index (χ0n) is 11.3. The number of halogens is 1. The Morgan fingerprint density at radius 3 is 2.52 bits per heavy atom. The Labute approximate surface area is 121 Å². The van der Waals surface area contributed by atoms with Gasteiger partial charge in [-0.3, -0.25) is 4.79 Å². The number of rotatable bonds is 6. The summed E-state index contributed by atoms with van der Waals surface area (Å²) in [5, 5.41) is 21.8. The second-order valence-electron chi connectivity index (χ2n) is 4.36. The number of benzene rings is 1. The summed E-state index contributed by atoms with van der Waals surface area (Å²) in [6.07, 6.45) is 3.13. The maximum absolute atomic E-state index is 14.1. The smallest absolute Gasteiger partial charge is 0.254 e. The van der Waals surface area contributed by atoms with Gasteiger partial charge in [-0.25, -0.2) is 9.07 Å². The minimum atomic E-state index is -0.572. The number of nitrogens with zero attached hydrogens (tertiary/aromatic N) is 3. The Hall–Kier alpha value is -2.25. The second kappa shape index (κ2) is 6.96. The lowest BCUT2D eigenvalue weighted by atomic mass is 10.1. The Morgan fingerprint density at radius 1 is 1.29 bits per heavy atom. The van der Waals surface area contributed by atoms with Gasteiger partial charge >= 0.3 is 0 Å². The maximum Gasteiger partial charge on any atom is 0.254 e. The van der Waals surface area contributed by atoms with Gasteiger partial charge in [-0.2, -0.15) is 5.10 Å². The van der Waals surface area contributed by atoms with Crippen molar-refractivity contribution < 1.29 is 19.4 Å². The Balaban J connectivity index is 2.24. The monoisotopic (exact) mass is 293 g/mol. The van der Waals surface area contributed by atoms with Crippen molar-refractivity contribution in [2.75, 3.05) is 26.3 Å². The first-order chi connectivity index (χ1) is 10.2. The van der Waals surface area contributed by atoms with Gasteiger partial charge in [0.1, 0.15) is 11.5 Å². The van der Waals surface area contributed by atoms with E-state index in [1.54, 1.807) is 12.3 Å². The van der Waals surface area contributed by atoms with Gasteiger partial charge in [0, 0.05) is 31.0 Å². The molecule has 0 atom stereocenters. The summed E-state index contributed by atoms with van der Waals surface area (Å²) < 4.78 is 15.4. The number of aliphatic hydroxyl groups is 2. The van der Waals surface area contributed by atoms with Crippen molar-refractivity contribution in [3.8, 4) is 5.69 Å². The highest BCUT2D eigenvalue weighted by molar-refractivity contribution is 5.94. The van der Waals surface area contributed by atoms with Crippen LogP contribution >= 0.6 is 0 Å². The number of carbonyl (C=O) groups excluding carboxylic acids is 1. The van der Waals surface area contributed by atoms with Crippen LogP contribution in [0.1, 0.15) is 10.4 Å². The highest BCUT2D eigenvalue weighted by Gasteiger charge is 2.17. The van der Waals surface area contributed by atoms with Crippen molar-refractivity contribution in [3.63, 3.8) is 0 Å². The molecule has 2 rings (SSSR count). The van der Waals surface area contributed by atoms with Crippen LogP contribution < -0.4 is 0 Å². The van der Waals surface area contributed by atoms with Gasteiger partial charge in [0.05, 0.1) is 13.2 Å². The molecule has 0 bridgehead atoms. The van der Waals surface area contributed by atoms with Crippen LogP contribution in [0.5, 0.6) is 0 Å². The summed E-state index contributed by atoms with van der Waals surface area (Å²) in [5.41, 5.74) is 0.401. The summed E-state index contributed by atoms with van der Waals surface area (Å²) >= 11 is 0. The molecule has 112 valence electrons. The molecule has 1 aromatic carbocycles. The van der Waals surface area contributed by atoms with Crippen molar-refractivity contribution in [3.05, 3.63) is 48.0 Å². The number of hydrogen-bond acceptors (Lipinski definition) is 4. The van der Waals surface area contributed by atoms with Gasteiger partial charge in [-0.15, -0.1) is 0 Å². The van der Waals surface area contributed by atoms with Gasteiger partial charge in [-0.1, -0.05) is 0 Å². The van der Waals surface area contributed by atoms with E-state index in [0.717, 1.165) is 6.07 Å². The average Bonchev–Trinajstić information content (AvgIpc) is 3.00.